The lowest BCUT2D eigenvalue weighted by Crippen LogP contribution is -2.36. The molecule has 0 atom stereocenters. The largest absolute Gasteiger partial charge is 0.334 e. The highest BCUT2D eigenvalue weighted by molar-refractivity contribution is 6.00. The molecule has 3 aromatic heterocycles. The van der Waals surface area contributed by atoms with Gasteiger partial charge in [-0.1, -0.05) is 30.3 Å². The number of para-hydroxylation sites is 2. The highest BCUT2D eigenvalue weighted by Gasteiger charge is 2.27. The fourth-order valence-corrected chi connectivity index (χ4v) is 4.30. The summed E-state index contributed by atoms with van der Waals surface area (Å²) in [7, 11) is 0. The third-order valence-corrected chi connectivity index (χ3v) is 5.83. The van der Waals surface area contributed by atoms with Crippen molar-refractivity contribution >= 4 is 22.5 Å². The number of aromatic amines is 1. The van der Waals surface area contributed by atoms with Gasteiger partial charge in [0, 0.05) is 25.1 Å². The third-order valence-electron chi connectivity index (χ3n) is 5.83. The van der Waals surface area contributed by atoms with Gasteiger partial charge in [-0.25, -0.2) is 9.20 Å². The monoisotopic (exact) mass is 410 g/mol. The van der Waals surface area contributed by atoms with E-state index in [4.69, 9.17) is 0 Å². The van der Waals surface area contributed by atoms with E-state index < -0.39 is 0 Å². The van der Waals surface area contributed by atoms with Gasteiger partial charge in [0.25, 0.3) is 11.5 Å². The number of hydrogen-bond donors (Lipinski definition) is 1. The van der Waals surface area contributed by atoms with E-state index in [1.165, 1.54) is 6.20 Å². The molecule has 0 aliphatic carbocycles. The lowest BCUT2D eigenvalue weighted by molar-refractivity contribution is 0.0735. The van der Waals surface area contributed by atoms with Crippen LogP contribution in [0.5, 0.6) is 0 Å². The Labute approximate surface area is 176 Å². The summed E-state index contributed by atoms with van der Waals surface area (Å²) in [5.74, 6) is -0.154. The summed E-state index contributed by atoms with van der Waals surface area (Å²) < 4.78 is 3.56. The van der Waals surface area contributed by atoms with E-state index in [0.29, 0.717) is 41.6 Å². The number of nitrogens with zero attached hydrogens (tertiary/aromatic N) is 5. The first-order valence-electron chi connectivity index (χ1n) is 10.1. The van der Waals surface area contributed by atoms with E-state index in [0.717, 1.165) is 16.9 Å². The predicted octanol–water partition coefficient (Wildman–Crippen LogP) is 2.56. The van der Waals surface area contributed by atoms with Gasteiger partial charge in [-0.3, -0.25) is 9.59 Å². The van der Waals surface area contributed by atoms with Gasteiger partial charge in [0.15, 0.2) is 0 Å². The lowest BCUT2D eigenvalue weighted by Gasteiger charge is -2.27. The van der Waals surface area contributed by atoms with Crippen molar-refractivity contribution in [2.24, 2.45) is 0 Å². The van der Waals surface area contributed by atoms with Gasteiger partial charge in [-0.15, -0.1) is 0 Å². The Hall–Kier alpha value is -4.20. The number of fused-ring (bicyclic) bond motifs is 4. The molecule has 152 valence electrons. The molecule has 8 nitrogen and oxygen atoms in total. The lowest BCUT2D eigenvalue weighted by atomic mass is 10.1. The second-order valence-electron chi connectivity index (χ2n) is 7.63. The molecular formula is C23H18N6O2. The molecule has 4 heterocycles. The Kier molecular flexibility index (Phi) is 3.79. The summed E-state index contributed by atoms with van der Waals surface area (Å²) in [5.41, 5.74) is 4.40. The molecule has 0 saturated carbocycles. The van der Waals surface area contributed by atoms with E-state index in [1.54, 1.807) is 21.5 Å². The highest BCUT2D eigenvalue weighted by atomic mass is 16.2. The van der Waals surface area contributed by atoms with Crippen LogP contribution in [0.25, 0.3) is 22.2 Å². The number of aromatic nitrogens is 5. The van der Waals surface area contributed by atoms with Crippen molar-refractivity contribution in [3.05, 3.63) is 94.2 Å². The number of H-pyrrole nitrogens is 1. The van der Waals surface area contributed by atoms with Crippen molar-refractivity contribution in [2.45, 2.75) is 13.0 Å². The Bertz CT molecular complexity index is 1510. The van der Waals surface area contributed by atoms with Crippen LogP contribution in [0.2, 0.25) is 0 Å². The molecule has 0 saturated heterocycles. The molecule has 0 unspecified atom stereocenters. The van der Waals surface area contributed by atoms with Gasteiger partial charge in [-0.2, -0.15) is 10.2 Å². The van der Waals surface area contributed by atoms with Gasteiger partial charge in [0.2, 0.25) is 0 Å². The molecule has 6 rings (SSSR count). The van der Waals surface area contributed by atoms with Gasteiger partial charge in [0.1, 0.15) is 11.2 Å². The van der Waals surface area contributed by atoms with Gasteiger partial charge < -0.3 is 9.88 Å². The van der Waals surface area contributed by atoms with Crippen LogP contribution in [-0.4, -0.2) is 41.7 Å². The number of carbonyl (C=O) groups is 1. The SMILES string of the molecule is O=C(c1cnn2c1[nH]c(=O)c1ccccc12)N1CCc2c(cnn2-c2ccccc2)C1. The van der Waals surface area contributed by atoms with Crippen LogP contribution in [-0.2, 0) is 13.0 Å². The zero-order valence-electron chi connectivity index (χ0n) is 16.5. The minimum absolute atomic E-state index is 0.154. The van der Waals surface area contributed by atoms with E-state index >= 15 is 0 Å². The van der Waals surface area contributed by atoms with Crippen molar-refractivity contribution in [1.29, 1.82) is 0 Å². The van der Waals surface area contributed by atoms with Crippen LogP contribution in [0, 0.1) is 0 Å². The second kappa shape index (κ2) is 6.66. The molecule has 1 aliphatic heterocycles. The normalized spacial score (nSPS) is 13.6. The highest BCUT2D eigenvalue weighted by Crippen LogP contribution is 2.24. The van der Waals surface area contributed by atoms with Gasteiger partial charge >= 0.3 is 0 Å². The Morgan fingerprint density at radius 3 is 2.65 bits per heavy atom. The van der Waals surface area contributed by atoms with E-state index in [2.05, 4.69) is 15.2 Å². The van der Waals surface area contributed by atoms with Crippen LogP contribution in [0.4, 0.5) is 0 Å². The fourth-order valence-electron chi connectivity index (χ4n) is 4.30. The molecule has 0 fully saturated rings. The summed E-state index contributed by atoms with van der Waals surface area (Å²) in [6.07, 6.45) is 4.06. The van der Waals surface area contributed by atoms with Crippen molar-refractivity contribution in [3.8, 4) is 5.69 Å². The molecule has 1 aliphatic rings. The number of benzene rings is 2. The summed E-state index contributed by atoms with van der Waals surface area (Å²) in [6.45, 7) is 1.04. The third kappa shape index (κ3) is 2.68. The summed E-state index contributed by atoms with van der Waals surface area (Å²) >= 11 is 0. The molecule has 31 heavy (non-hydrogen) atoms. The zero-order valence-corrected chi connectivity index (χ0v) is 16.5. The number of nitrogens with one attached hydrogen (secondary N) is 1. The molecule has 1 N–H and O–H groups in total. The molecule has 0 spiro atoms. The summed E-state index contributed by atoms with van der Waals surface area (Å²) in [5, 5.41) is 9.44. The van der Waals surface area contributed by atoms with Gasteiger partial charge in [-0.05, 0) is 24.3 Å². The number of rotatable bonds is 2. The minimum atomic E-state index is -0.234. The Morgan fingerprint density at radius 1 is 0.968 bits per heavy atom. The fraction of sp³-hybridized carbons (Fsp3) is 0.130. The van der Waals surface area contributed by atoms with E-state index in [9.17, 15) is 9.59 Å². The molecule has 0 radical (unpaired) electrons. The van der Waals surface area contributed by atoms with Crippen molar-refractivity contribution in [1.82, 2.24) is 29.3 Å². The van der Waals surface area contributed by atoms with Crippen LogP contribution >= 0.6 is 0 Å². The molecular weight excluding hydrogens is 392 g/mol. The number of amides is 1. The van der Waals surface area contributed by atoms with E-state index in [1.807, 2.05) is 53.3 Å². The zero-order chi connectivity index (χ0) is 20.9. The maximum Gasteiger partial charge on any atom is 0.259 e. The molecule has 0 bridgehead atoms. The minimum Gasteiger partial charge on any atom is -0.334 e. The summed E-state index contributed by atoms with van der Waals surface area (Å²) in [6, 6.07) is 17.2. The number of hydrogen-bond acceptors (Lipinski definition) is 4. The van der Waals surface area contributed by atoms with Crippen LogP contribution < -0.4 is 5.56 Å². The van der Waals surface area contributed by atoms with Gasteiger partial charge in [0.05, 0.1) is 34.7 Å². The van der Waals surface area contributed by atoms with Crippen LogP contribution in [0.1, 0.15) is 21.6 Å². The Balaban J connectivity index is 1.36. The Morgan fingerprint density at radius 2 is 1.77 bits per heavy atom. The number of carbonyl (C=O) groups excluding carboxylic acids is 1. The smallest absolute Gasteiger partial charge is 0.259 e. The molecule has 1 amide bonds. The maximum atomic E-state index is 13.3. The van der Waals surface area contributed by atoms with E-state index in [-0.39, 0.29) is 11.5 Å². The first-order chi connectivity index (χ1) is 15.2. The second-order valence-corrected chi connectivity index (χ2v) is 7.63. The van der Waals surface area contributed by atoms with Crippen LogP contribution in [0.3, 0.4) is 0 Å². The first-order valence-corrected chi connectivity index (χ1v) is 10.1. The average Bonchev–Trinajstić information content (AvgIpc) is 3.43. The quantitative estimate of drug-likeness (QED) is 0.484. The molecule has 5 aromatic rings. The predicted molar refractivity (Wildman–Crippen MR) is 115 cm³/mol. The van der Waals surface area contributed by atoms with Crippen molar-refractivity contribution in [2.75, 3.05) is 6.54 Å². The van der Waals surface area contributed by atoms with Crippen molar-refractivity contribution in [3.63, 3.8) is 0 Å². The summed E-state index contributed by atoms with van der Waals surface area (Å²) in [4.78, 5) is 30.5. The van der Waals surface area contributed by atoms with Crippen LogP contribution in [0.15, 0.2) is 71.8 Å². The topological polar surface area (TPSA) is 88.3 Å². The maximum absolute atomic E-state index is 13.3. The van der Waals surface area contributed by atoms with Crippen molar-refractivity contribution < 1.29 is 4.79 Å². The average molecular weight is 410 g/mol. The first kappa shape index (κ1) is 17.6. The standard InChI is InChI=1S/C23H18N6O2/c30-22-17-8-4-5-9-20(17)29-21(26-22)18(13-25-29)23(31)27-11-10-19-15(14-27)12-24-28(19)16-6-2-1-3-7-16/h1-9,12-13H,10-11,14H2,(H,26,30). The molecule has 2 aromatic carbocycles. The molecule has 8 heteroatoms.